The van der Waals surface area contributed by atoms with Crippen molar-refractivity contribution in [2.24, 2.45) is 5.92 Å². The summed E-state index contributed by atoms with van der Waals surface area (Å²) in [6.45, 7) is 7.89. The number of amides is 1. The number of likely N-dealkylation sites (tertiary alicyclic amines) is 1. The fraction of sp³-hybridized carbons (Fsp3) is 0.458. The highest BCUT2D eigenvalue weighted by Gasteiger charge is 2.20. The molecule has 0 saturated carbocycles. The zero-order valence-corrected chi connectivity index (χ0v) is 19.0. The van der Waals surface area contributed by atoms with E-state index in [1.807, 2.05) is 44.2 Å². The van der Waals surface area contributed by atoms with Crippen molar-refractivity contribution in [3.63, 3.8) is 0 Å². The first kappa shape index (κ1) is 21.8. The molecular formula is C24H31BrN2O2. The molecule has 2 aromatic rings. The molecule has 3 rings (SSSR count). The molecule has 0 atom stereocenters. The lowest BCUT2D eigenvalue weighted by Gasteiger charge is -2.32. The zero-order chi connectivity index (χ0) is 20.6. The maximum atomic E-state index is 11.9. The Morgan fingerprint density at radius 3 is 2.59 bits per heavy atom. The van der Waals surface area contributed by atoms with Crippen LogP contribution in [0.3, 0.4) is 0 Å². The molecule has 2 aromatic carbocycles. The molecule has 1 saturated heterocycles. The van der Waals surface area contributed by atoms with Crippen molar-refractivity contribution in [3.8, 4) is 5.75 Å². The summed E-state index contributed by atoms with van der Waals surface area (Å²) in [5.74, 6) is 1.56. The molecule has 0 aliphatic carbocycles. The number of hydrogen-bond acceptors (Lipinski definition) is 3. The zero-order valence-electron chi connectivity index (χ0n) is 17.4. The second-order valence-electron chi connectivity index (χ2n) is 8.04. The molecule has 0 spiro atoms. The van der Waals surface area contributed by atoms with Gasteiger partial charge < -0.3 is 15.0 Å². The molecule has 1 fully saturated rings. The van der Waals surface area contributed by atoms with Gasteiger partial charge >= 0.3 is 0 Å². The van der Waals surface area contributed by atoms with Gasteiger partial charge in [-0.25, -0.2) is 0 Å². The van der Waals surface area contributed by atoms with Gasteiger partial charge in [-0.15, -0.1) is 0 Å². The lowest BCUT2D eigenvalue weighted by Crippen LogP contribution is -2.34. The lowest BCUT2D eigenvalue weighted by atomic mass is 9.89. The van der Waals surface area contributed by atoms with Gasteiger partial charge in [-0.2, -0.15) is 0 Å². The maximum absolute atomic E-state index is 11.9. The average molecular weight is 459 g/mol. The van der Waals surface area contributed by atoms with Crippen LogP contribution < -0.4 is 10.1 Å². The van der Waals surface area contributed by atoms with Crippen molar-refractivity contribution in [2.45, 2.75) is 39.0 Å². The van der Waals surface area contributed by atoms with Crippen LogP contribution in [0.2, 0.25) is 0 Å². The molecule has 0 bridgehead atoms. The van der Waals surface area contributed by atoms with E-state index in [1.165, 1.54) is 5.56 Å². The molecule has 0 radical (unpaired) electrons. The smallest absolute Gasteiger partial charge is 0.226 e. The van der Waals surface area contributed by atoms with Crippen molar-refractivity contribution in [1.82, 2.24) is 4.90 Å². The predicted molar refractivity (Wildman–Crippen MR) is 123 cm³/mol. The molecule has 156 valence electrons. The highest BCUT2D eigenvalue weighted by Crippen LogP contribution is 2.29. The topological polar surface area (TPSA) is 41.6 Å². The number of piperidine rings is 1. The number of anilines is 1. The number of benzene rings is 2. The van der Waals surface area contributed by atoms with E-state index in [1.54, 1.807) is 0 Å². The van der Waals surface area contributed by atoms with Crippen molar-refractivity contribution in [3.05, 3.63) is 58.6 Å². The summed E-state index contributed by atoms with van der Waals surface area (Å²) in [5, 5.41) is 3.01. The largest absolute Gasteiger partial charge is 0.494 e. The Morgan fingerprint density at radius 1 is 1.17 bits per heavy atom. The van der Waals surface area contributed by atoms with E-state index >= 15 is 0 Å². The van der Waals surface area contributed by atoms with Gasteiger partial charge in [0.25, 0.3) is 0 Å². The van der Waals surface area contributed by atoms with Crippen LogP contribution in [0.5, 0.6) is 5.75 Å². The van der Waals surface area contributed by atoms with Crippen molar-refractivity contribution < 1.29 is 9.53 Å². The highest BCUT2D eigenvalue weighted by atomic mass is 79.9. The van der Waals surface area contributed by atoms with Crippen molar-refractivity contribution in [1.29, 1.82) is 0 Å². The van der Waals surface area contributed by atoms with E-state index in [9.17, 15) is 4.79 Å². The monoisotopic (exact) mass is 458 g/mol. The van der Waals surface area contributed by atoms with Gasteiger partial charge in [-0.1, -0.05) is 41.9 Å². The van der Waals surface area contributed by atoms with Crippen LogP contribution in [0.15, 0.2) is 53.0 Å². The third kappa shape index (κ3) is 6.86. The van der Waals surface area contributed by atoms with Gasteiger partial charge in [0, 0.05) is 22.6 Å². The van der Waals surface area contributed by atoms with E-state index < -0.39 is 0 Å². The Morgan fingerprint density at radius 2 is 1.90 bits per heavy atom. The van der Waals surface area contributed by atoms with Gasteiger partial charge in [-0.05, 0) is 80.2 Å². The SMILES string of the molecule is CC(C)C(=O)Nc1cccc(C2CCN(CCCOc3ccc(Br)cc3)CC2)c1. The Kier molecular flexibility index (Phi) is 8.13. The van der Waals surface area contributed by atoms with Crippen molar-refractivity contribution in [2.75, 3.05) is 31.6 Å². The number of carbonyl (C=O) groups excluding carboxylic acids is 1. The minimum absolute atomic E-state index is 0.00496. The normalized spacial score (nSPS) is 15.4. The Balaban J connectivity index is 1.40. The Hall–Kier alpha value is -1.85. The van der Waals surface area contributed by atoms with Gasteiger partial charge in [0.1, 0.15) is 5.75 Å². The third-order valence-corrected chi connectivity index (χ3v) is 5.97. The summed E-state index contributed by atoms with van der Waals surface area (Å²) in [6, 6.07) is 16.4. The van der Waals surface area contributed by atoms with Gasteiger partial charge in [0.15, 0.2) is 0 Å². The van der Waals surface area contributed by atoms with E-state index in [2.05, 4.69) is 44.3 Å². The number of nitrogens with zero attached hydrogens (tertiary/aromatic N) is 1. The van der Waals surface area contributed by atoms with Crippen molar-refractivity contribution >= 4 is 27.5 Å². The molecule has 1 amide bonds. The van der Waals surface area contributed by atoms with E-state index in [-0.39, 0.29) is 11.8 Å². The lowest BCUT2D eigenvalue weighted by molar-refractivity contribution is -0.118. The molecule has 0 aromatic heterocycles. The first-order valence-corrected chi connectivity index (χ1v) is 11.3. The first-order valence-electron chi connectivity index (χ1n) is 10.5. The number of halogens is 1. The standard InChI is InChI=1S/C24H31BrN2O2/c1-18(2)24(28)26-22-6-3-5-20(17-22)19-11-14-27(15-12-19)13-4-16-29-23-9-7-21(25)8-10-23/h3,5-10,17-19H,4,11-16H2,1-2H3,(H,26,28). The van der Waals surface area contributed by atoms with Crippen LogP contribution in [-0.2, 0) is 4.79 Å². The summed E-state index contributed by atoms with van der Waals surface area (Å²) >= 11 is 3.44. The molecule has 0 unspecified atom stereocenters. The quantitative estimate of drug-likeness (QED) is 0.516. The molecule has 1 aliphatic rings. The molecule has 1 heterocycles. The third-order valence-electron chi connectivity index (χ3n) is 5.44. The molecule has 1 aliphatic heterocycles. The van der Waals surface area contributed by atoms with E-state index in [0.29, 0.717) is 5.92 Å². The summed E-state index contributed by atoms with van der Waals surface area (Å²) in [7, 11) is 0. The number of nitrogens with one attached hydrogen (secondary N) is 1. The fourth-order valence-electron chi connectivity index (χ4n) is 3.66. The van der Waals surface area contributed by atoms with Crippen LogP contribution in [0.1, 0.15) is 44.6 Å². The van der Waals surface area contributed by atoms with Crippen LogP contribution in [0.4, 0.5) is 5.69 Å². The summed E-state index contributed by atoms with van der Waals surface area (Å²) in [4.78, 5) is 14.5. The second-order valence-corrected chi connectivity index (χ2v) is 8.96. The predicted octanol–water partition coefficient (Wildman–Crippen LogP) is 5.69. The second kappa shape index (κ2) is 10.8. The van der Waals surface area contributed by atoms with E-state index in [0.717, 1.165) is 61.4 Å². The average Bonchev–Trinajstić information content (AvgIpc) is 2.73. The molecule has 29 heavy (non-hydrogen) atoms. The number of carbonyl (C=O) groups is 1. The first-order chi connectivity index (χ1) is 14.0. The summed E-state index contributed by atoms with van der Waals surface area (Å²) in [6.07, 6.45) is 3.36. The minimum atomic E-state index is -0.00496. The number of hydrogen-bond donors (Lipinski definition) is 1. The molecule has 1 N–H and O–H groups in total. The molecule has 5 heteroatoms. The van der Waals surface area contributed by atoms with Gasteiger partial charge in [0.05, 0.1) is 6.61 Å². The van der Waals surface area contributed by atoms with Gasteiger partial charge in [0.2, 0.25) is 5.91 Å². The Bertz CT molecular complexity index is 784. The number of rotatable bonds is 8. The summed E-state index contributed by atoms with van der Waals surface area (Å²) < 4.78 is 6.89. The summed E-state index contributed by atoms with van der Waals surface area (Å²) in [5.41, 5.74) is 2.25. The molecule has 4 nitrogen and oxygen atoms in total. The van der Waals surface area contributed by atoms with Crippen LogP contribution in [-0.4, -0.2) is 37.0 Å². The number of ether oxygens (including phenoxy) is 1. The van der Waals surface area contributed by atoms with Gasteiger partial charge in [-0.3, -0.25) is 4.79 Å². The highest BCUT2D eigenvalue weighted by molar-refractivity contribution is 9.10. The Labute approximate surface area is 182 Å². The molecular weight excluding hydrogens is 428 g/mol. The van der Waals surface area contributed by atoms with Crippen LogP contribution in [0.25, 0.3) is 0 Å². The van der Waals surface area contributed by atoms with Crippen LogP contribution >= 0.6 is 15.9 Å². The van der Waals surface area contributed by atoms with Crippen LogP contribution in [0, 0.1) is 5.92 Å². The minimum Gasteiger partial charge on any atom is -0.494 e. The maximum Gasteiger partial charge on any atom is 0.226 e. The fourth-order valence-corrected chi connectivity index (χ4v) is 3.92. The van der Waals surface area contributed by atoms with E-state index in [4.69, 9.17) is 4.74 Å².